The van der Waals surface area contributed by atoms with Gasteiger partial charge in [0, 0.05) is 5.56 Å². The Labute approximate surface area is 103 Å². The first-order chi connectivity index (χ1) is 7.96. The van der Waals surface area contributed by atoms with Gasteiger partial charge in [0.15, 0.2) is 0 Å². The zero-order valence-corrected chi connectivity index (χ0v) is 11.1. The third kappa shape index (κ3) is 4.65. The van der Waals surface area contributed by atoms with Crippen LogP contribution in [-0.2, 0) is 6.61 Å². The first kappa shape index (κ1) is 13.8. The highest BCUT2D eigenvalue weighted by molar-refractivity contribution is 5.39. The van der Waals surface area contributed by atoms with Crippen molar-refractivity contribution in [3.05, 3.63) is 23.8 Å². The number of methoxy groups -OCH3 is 1. The van der Waals surface area contributed by atoms with Crippen LogP contribution in [0.1, 0.15) is 32.8 Å². The number of aliphatic hydroxyl groups is 1. The van der Waals surface area contributed by atoms with E-state index in [0.717, 1.165) is 23.5 Å². The summed E-state index contributed by atoms with van der Waals surface area (Å²) in [4.78, 5) is 0. The molecule has 3 heteroatoms. The molecule has 1 N–H and O–H groups in total. The molecule has 0 fully saturated rings. The van der Waals surface area contributed by atoms with Crippen LogP contribution in [0.3, 0.4) is 0 Å². The summed E-state index contributed by atoms with van der Waals surface area (Å²) in [5, 5.41) is 9.26. The predicted molar refractivity (Wildman–Crippen MR) is 68.5 cm³/mol. The van der Waals surface area contributed by atoms with Gasteiger partial charge < -0.3 is 14.6 Å². The van der Waals surface area contributed by atoms with Crippen molar-refractivity contribution in [3.63, 3.8) is 0 Å². The fourth-order valence-electron chi connectivity index (χ4n) is 1.41. The number of hydrogen-bond acceptors (Lipinski definition) is 3. The fraction of sp³-hybridized carbons (Fsp3) is 0.571. The van der Waals surface area contributed by atoms with Gasteiger partial charge in [0.25, 0.3) is 0 Å². The van der Waals surface area contributed by atoms with Crippen LogP contribution in [0.2, 0.25) is 0 Å². The minimum atomic E-state index is -0.0396. The summed E-state index contributed by atoms with van der Waals surface area (Å²) in [5.74, 6) is 1.47. The number of rotatable bonds is 5. The van der Waals surface area contributed by atoms with E-state index in [9.17, 15) is 5.11 Å². The summed E-state index contributed by atoms with van der Waals surface area (Å²) in [5.41, 5.74) is 1.02. The van der Waals surface area contributed by atoms with Gasteiger partial charge >= 0.3 is 0 Å². The highest BCUT2D eigenvalue weighted by Crippen LogP contribution is 2.25. The first-order valence-corrected chi connectivity index (χ1v) is 5.87. The summed E-state index contributed by atoms with van der Waals surface area (Å²) in [6, 6.07) is 5.48. The normalized spacial score (nSPS) is 11.4. The Morgan fingerprint density at radius 3 is 2.47 bits per heavy atom. The van der Waals surface area contributed by atoms with Crippen LogP contribution in [0, 0.1) is 5.41 Å². The molecule has 0 bridgehead atoms. The molecule has 0 saturated carbocycles. The van der Waals surface area contributed by atoms with Gasteiger partial charge in [-0.05, 0) is 30.0 Å². The van der Waals surface area contributed by atoms with Gasteiger partial charge in [-0.1, -0.05) is 20.8 Å². The van der Waals surface area contributed by atoms with Crippen LogP contribution < -0.4 is 9.47 Å². The van der Waals surface area contributed by atoms with Crippen molar-refractivity contribution in [2.24, 2.45) is 5.41 Å². The molecule has 1 rings (SSSR count). The van der Waals surface area contributed by atoms with Crippen LogP contribution in [0.25, 0.3) is 0 Å². The van der Waals surface area contributed by atoms with E-state index in [-0.39, 0.29) is 12.0 Å². The molecule has 0 aliphatic carbocycles. The molecule has 96 valence electrons. The highest BCUT2D eigenvalue weighted by atomic mass is 16.5. The molecule has 0 aliphatic rings. The Morgan fingerprint density at radius 2 is 1.94 bits per heavy atom. The average molecular weight is 238 g/mol. The Hall–Kier alpha value is -1.22. The van der Waals surface area contributed by atoms with E-state index in [1.54, 1.807) is 13.2 Å². The summed E-state index contributed by atoms with van der Waals surface area (Å²) in [7, 11) is 1.61. The second kappa shape index (κ2) is 5.92. The van der Waals surface area contributed by atoms with E-state index in [1.165, 1.54) is 0 Å². The van der Waals surface area contributed by atoms with Gasteiger partial charge in [-0.3, -0.25) is 0 Å². The molecule has 3 nitrogen and oxygen atoms in total. The van der Waals surface area contributed by atoms with E-state index in [2.05, 4.69) is 20.8 Å². The molecule has 0 radical (unpaired) electrons. The Balaban J connectivity index is 2.64. The molecule has 0 aliphatic heterocycles. The minimum absolute atomic E-state index is 0.0396. The molecular formula is C14H22O3. The lowest BCUT2D eigenvalue weighted by Gasteiger charge is -2.19. The molecule has 0 atom stereocenters. The van der Waals surface area contributed by atoms with Gasteiger partial charge in [-0.2, -0.15) is 0 Å². The number of ether oxygens (including phenoxy) is 2. The monoisotopic (exact) mass is 238 g/mol. The molecule has 0 amide bonds. The lowest BCUT2D eigenvalue weighted by molar-refractivity contribution is 0.230. The molecule has 0 aromatic heterocycles. The lowest BCUT2D eigenvalue weighted by Crippen LogP contribution is -2.11. The molecule has 0 heterocycles. The van der Waals surface area contributed by atoms with Crippen molar-refractivity contribution >= 4 is 0 Å². The van der Waals surface area contributed by atoms with Gasteiger partial charge in [0.1, 0.15) is 11.5 Å². The Morgan fingerprint density at radius 1 is 1.24 bits per heavy atom. The van der Waals surface area contributed by atoms with Gasteiger partial charge in [0.05, 0.1) is 20.3 Å². The Kier molecular flexibility index (Phi) is 4.82. The van der Waals surface area contributed by atoms with Crippen molar-refractivity contribution in [3.8, 4) is 11.5 Å². The molecule has 1 aromatic carbocycles. The van der Waals surface area contributed by atoms with Gasteiger partial charge in [-0.25, -0.2) is 0 Å². The number of benzene rings is 1. The summed E-state index contributed by atoms with van der Waals surface area (Å²) in [6.07, 6.45) is 0.976. The molecular weight excluding hydrogens is 216 g/mol. The van der Waals surface area contributed by atoms with E-state index >= 15 is 0 Å². The lowest BCUT2D eigenvalue weighted by atomic mass is 9.93. The molecule has 17 heavy (non-hydrogen) atoms. The van der Waals surface area contributed by atoms with E-state index in [0.29, 0.717) is 6.61 Å². The topological polar surface area (TPSA) is 38.7 Å². The van der Waals surface area contributed by atoms with Crippen molar-refractivity contribution in [2.75, 3.05) is 13.7 Å². The zero-order chi connectivity index (χ0) is 12.9. The summed E-state index contributed by atoms with van der Waals surface area (Å²) in [6.45, 7) is 7.15. The number of aliphatic hydroxyl groups excluding tert-OH is 1. The third-order valence-corrected chi connectivity index (χ3v) is 2.55. The van der Waals surface area contributed by atoms with Gasteiger partial charge in [-0.15, -0.1) is 0 Å². The number of hydrogen-bond donors (Lipinski definition) is 1. The second-order valence-corrected chi connectivity index (χ2v) is 5.29. The molecule has 0 saturated heterocycles. The smallest absolute Gasteiger partial charge is 0.125 e. The maximum atomic E-state index is 9.26. The standard InChI is InChI=1S/C14H22O3/c1-14(2,3)7-8-17-13-6-5-12(16-4)9-11(13)10-15/h5-6,9,15H,7-8,10H2,1-4H3. The molecule has 0 unspecified atom stereocenters. The minimum Gasteiger partial charge on any atom is -0.497 e. The Bertz CT molecular complexity index is 353. The third-order valence-electron chi connectivity index (χ3n) is 2.55. The van der Waals surface area contributed by atoms with Crippen molar-refractivity contribution in [1.82, 2.24) is 0 Å². The maximum absolute atomic E-state index is 9.26. The van der Waals surface area contributed by atoms with Crippen molar-refractivity contribution in [1.29, 1.82) is 0 Å². The van der Waals surface area contributed by atoms with Crippen LogP contribution in [0.4, 0.5) is 0 Å². The first-order valence-electron chi connectivity index (χ1n) is 5.87. The van der Waals surface area contributed by atoms with Crippen LogP contribution in [0.15, 0.2) is 18.2 Å². The SMILES string of the molecule is COc1ccc(OCCC(C)(C)C)c(CO)c1. The van der Waals surface area contributed by atoms with Gasteiger partial charge in [0.2, 0.25) is 0 Å². The molecule has 1 aromatic rings. The second-order valence-electron chi connectivity index (χ2n) is 5.29. The molecule has 0 spiro atoms. The summed E-state index contributed by atoms with van der Waals surface area (Å²) >= 11 is 0. The van der Waals surface area contributed by atoms with E-state index < -0.39 is 0 Å². The van der Waals surface area contributed by atoms with E-state index in [1.807, 2.05) is 12.1 Å². The summed E-state index contributed by atoms with van der Waals surface area (Å²) < 4.78 is 10.8. The van der Waals surface area contributed by atoms with Crippen molar-refractivity contribution < 1.29 is 14.6 Å². The van der Waals surface area contributed by atoms with E-state index in [4.69, 9.17) is 9.47 Å². The zero-order valence-electron chi connectivity index (χ0n) is 11.1. The average Bonchev–Trinajstić information content (AvgIpc) is 2.27. The van der Waals surface area contributed by atoms with Crippen LogP contribution in [-0.4, -0.2) is 18.8 Å². The van der Waals surface area contributed by atoms with Crippen LogP contribution in [0.5, 0.6) is 11.5 Å². The predicted octanol–water partition coefficient (Wildman–Crippen LogP) is 3.00. The van der Waals surface area contributed by atoms with Crippen LogP contribution >= 0.6 is 0 Å². The largest absolute Gasteiger partial charge is 0.497 e. The maximum Gasteiger partial charge on any atom is 0.125 e. The highest BCUT2D eigenvalue weighted by Gasteiger charge is 2.11. The van der Waals surface area contributed by atoms with Crippen molar-refractivity contribution in [2.45, 2.75) is 33.8 Å². The quantitative estimate of drug-likeness (QED) is 0.857. The fourth-order valence-corrected chi connectivity index (χ4v) is 1.41.